The van der Waals surface area contributed by atoms with Gasteiger partial charge in [-0.05, 0) is 31.6 Å². The van der Waals surface area contributed by atoms with Gasteiger partial charge in [0.1, 0.15) is 0 Å². The lowest BCUT2D eigenvalue weighted by atomic mass is 9.89. The summed E-state index contributed by atoms with van der Waals surface area (Å²) in [5.74, 6) is 0. The molecular weight excluding hydrogens is 260 g/mol. The number of hydrogen-bond donors (Lipinski definition) is 0. The summed E-state index contributed by atoms with van der Waals surface area (Å²) in [5, 5.41) is 0. The Bertz CT molecular complexity index is 208. The fourth-order valence-corrected chi connectivity index (χ4v) is 2.36. The van der Waals surface area contributed by atoms with Gasteiger partial charge >= 0.3 is 0 Å². The summed E-state index contributed by atoms with van der Waals surface area (Å²) in [4.78, 5) is 0. The van der Waals surface area contributed by atoms with Gasteiger partial charge in [-0.15, -0.1) is 0 Å². The number of ether oxygens (including phenoxy) is 2. The summed E-state index contributed by atoms with van der Waals surface area (Å²) < 4.78 is 11.4. The van der Waals surface area contributed by atoms with Crippen molar-refractivity contribution in [1.82, 2.24) is 0 Å². The van der Waals surface area contributed by atoms with E-state index in [2.05, 4.69) is 27.7 Å². The average molecular weight is 301 g/mol. The first-order valence-corrected chi connectivity index (χ1v) is 9.19. The molecule has 21 heavy (non-hydrogen) atoms. The Balaban J connectivity index is 3.22. The Labute approximate surface area is 134 Å². The van der Waals surface area contributed by atoms with Crippen LogP contribution < -0.4 is 0 Å². The van der Waals surface area contributed by atoms with Crippen molar-refractivity contribution in [1.29, 1.82) is 0 Å². The van der Waals surface area contributed by atoms with Crippen LogP contribution in [0.4, 0.5) is 0 Å². The van der Waals surface area contributed by atoms with E-state index in [0.29, 0.717) is 5.41 Å². The topological polar surface area (TPSA) is 18.5 Å². The van der Waals surface area contributed by atoms with Gasteiger partial charge in [0.15, 0.2) is 6.29 Å². The first-order chi connectivity index (χ1) is 9.95. The third-order valence-electron chi connectivity index (χ3n) is 3.77. The van der Waals surface area contributed by atoms with Crippen LogP contribution in [0.2, 0.25) is 0 Å². The van der Waals surface area contributed by atoms with Gasteiger partial charge in [0.05, 0.1) is 0 Å². The molecule has 0 radical (unpaired) electrons. The van der Waals surface area contributed by atoms with Gasteiger partial charge in [-0.25, -0.2) is 0 Å². The van der Waals surface area contributed by atoms with Crippen molar-refractivity contribution in [2.75, 3.05) is 13.2 Å². The highest BCUT2D eigenvalue weighted by atomic mass is 16.7. The normalized spacial score (nSPS) is 13.6. The molecular formula is C19H40O2. The fourth-order valence-electron chi connectivity index (χ4n) is 2.36. The second-order valence-corrected chi connectivity index (χ2v) is 7.45. The van der Waals surface area contributed by atoms with Crippen molar-refractivity contribution < 1.29 is 9.47 Å². The molecule has 128 valence electrons. The summed E-state index contributed by atoms with van der Waals surface area (Å²) >= 11 is 0. The summed E-state index contributed by atoms with van der Waals surface area (Å²) in [6, 6.07) is 0. The first-order valence-electron chi connectivity index (χ1n) is 9.19. The van der Waals surface area contributed by atoms with Crippen LogP contribution in [0.25, 0.3) is 0 Å². The summed E-state index contributed by atoms with van der Waals surface area (Å²) in [5.41, 5.74) is 0.467. The molecule has 2 nitrogen and oxygen atoms in total. The van der Waals surface area contributed by atoms with Crippen LogP contribution in [-0.4, -0.2) is 19.5 Å². The second-order valence-electron chi connectivity index (χ2n) is 7.45. The Morgan fingerprint density at radius 3 is 1.71 bits per heavy atom. The SMILES string of the molecule is CCCCCCCCOC(C)OCCCCCC(C)(C)C. The molecule has 0 amide bonds. The third kappa shape index (κ3) is 17.9. The van der Waals surface area contributed by atoms with Gasteiger partial charge in [0, 0.05) is 13.2 Å². The minimum absolute atomic E-state index is 0.0387. The van der Waals surface area contributed by atoms with Crippen molar-refractivity contribution in [3.05, 3.63) is 0 Å². The third-order valence-corrected chi connectivity index (χ3v) is 3.77. The van der Waals surface area contributed by atoms with Gasteiger partial charge in [-0.1, -0.05) is 72.6 Å². The Morgan fingerprint density at radius 1 is 0.714 bits per heavy atom. The quantitative estimate of drug-likeness (QED) is 0.275. The van der Waals surface area contributed by atoms with Crippen molar-refractivity contribution in [3.63, 3.8) is 0 Å². The molecule has 0 fully saturated rings. The van der Waals surface area contributed by atoms with Crippen LogP contribution in [0, 0.1) is 5.41 Å². The molecule has 0 saturated heterocycles. The molecule has 0 saturated carbocycles. The molecule has 0 aliphatic rings. The number of hydrogen-bond acceptors (Lipinski definition) is 2. The van der Waals surface area contributed by atoms with Crippen molar-refractivity contribution >= 4 is 0 Å². The molecule has 2 heteroatoms. The number of unbranched alkanes of at least 4 members (excludes halogenated alkanes) is 7. The zero-order valence-corrected chi connectivity index (χ0v) is 15.4. The molecule has 0 heterocycles. The molecule has 0 rings (SSSR count). The molecule has 0 aromatic rings. The average Bonchev–Trinajstić information content (AvgIpc) is 2.40. The van der Waals surface area contributed by atoms with E-state index in [1.807, 2.05) is 6.92 Å². The van der Waals surface area contributed by atoms with E-state index >= 15 is 0 Å². The van der Waals surface area contributed by atoms with E-state index in [1.165, 1.54) is 57.8 Å². The Hall–Kier alpha value is -0.0800. The minimum Gasteiger partial charge on any atom is -0.353 e. The van der Waals surface area contributed by atoms with Gasteiger partial charge in [0.25, 0.3) is 0 Å². The summed E-state index contributed by atoms with van der Waals surface area (Å²) in [7, 11) is 0. The maximum absolute atomic E-state index is 5.70. The minimum atomic E-state index is -0.0387. The zero-order valence-electron chi connectivity index (χ0n) is 15.4. The highest BCUT2D eigenvalue weighted by molar-refractivity contribution is 4.60. The maximum atomic E-state index is 5.70. The van der Waals surface area contributed by atoms with Crippen LogP contribution in [0.5, 0.6) is 0 Å². The Kier molecular flexibility index (Phi) is 13.5. The predicted octanol–water partition coefficient (Wildman–Crippen LogP) is 6.33. The molecule has 1 atom stereocenters. The lowest BCUT2D eigenvalue weighted by Crippen LogP contribution is -2.14. The lowest BCUT2D eigenvalue weighted by Gasteiger charge is -2.18. The van der Waals surface area contributed by atoms with Crippen LogP contribution >= 0.6 is 0 Å². The van der Waals surface area contributed by atoms with Crippen LogP contribution in [0.15, 0.2) is 0 Å². The van der Waals surface area contributed by atoms with E-state index < -0.39 is 0 Å². The molecule has 0 bridgehead atoms. The van der Waals surface area contributed by atoms with Crippen molar-refractivity contribution in [2.24, 2.45) is 5.41 Å². The van der Waals surface area contributed by atoms with Gasteiger partial charge in [-0.3, -0.25) is 0 Å². The van der Waals surface area contributed by atoms with E-state index in [9.17, 15) is 0 Å². The van der Waals surface area contributed by atoms with Crippen LogP contribution in [0.1, 0.15) is 98.8 Å². The monoisotopic (exact) mass is 300 g/mol. The standard InChI is InChI=1S/C19H40O2/c1-6-7-8-9-10-13-16-20-18(2)21-17-14-11-12-15-19(3,4)5/h18H,6-17H2,1-5H3. The molecule has 0 N–H and O–H groups in total. The van der Waals surface area contributed by atoms with E-state index in [-0.39, 0.29) is 6.29 Å². The Morgan fingerprint density at radius 2 is 1.19 bits per heavy atom. The van der Waals surface area contributed by atoms with Crippen molar-refractivity contribution in [2.45, 2.75) is 105 Å². The summed E-state index contributed by atoms with van der Waals surface area (Å²) in [6.07, 6.45) is 12.9. The zero-order chi connectivity index (χ0) is 16.0. The number of rotatable bonds is 14. The van der Waals surface area contributed by atoms with Gasteiger partial charge in [0.2, 0.25) is 0 Å². The molecule has 0 aromatic carbocycles. The van der Waals surface area contributed by atoms with Crippen molar-refractivity contribution in [3.8, 4) is 0 Å². The molecule has 1 unspecified atom stereocenters. The van der Waals surface area contributed by atoms with E-state index in [1.54, 1.807) is 0 Å². The van der Waals surface area contributed by atoms with Crippen LogP contribution in [0.3, 0.4) is 0 Å². The highest BCUT2D eigenvalue weighted by Gasteiger charge is 2.09. The van der Waals surface area contributed by atoms with Gasteiger partial charge in [-0.2, -0.15) is 0 Å². The molecule has 0 aromatic heterocycles. The van der Waals surface area contributed by atoms with Gasteiger partial charge < -0.3 is 9.47 Å². The summed E-state index contributed by atoms with van der Waals surface area (Å²) in [6.45, 7) is 12.9. The second kappa shape index (κ2) is 13.6. The lowest BCUT2D eigenvalue weighted by molar-refractivity contribution is -0.131. The predicted molar refractivity (Wildman–Crippen MR) is 92.7 cm³/mol. The highest BCUT2D eigenvalue weighted by Crippen LogP contribution is 2.21. The first kappa shape index (κ1) is 20.9. The molecule has 0 aliphatic carbocycles. The van der Waals surface area contributed by atoms with Crippen LogP contribution in [-0.2, 0) is 9.47 Å². The maximum Gasteiger partial charge on any atom is 0.154 e. The smallest absolute Gasteiger partial charge is 0.154 e. The van der Waals surface area contributed by atoms with E-state index in [0.717, 1.165) is 19.6 Å². The largest absolute Gasteiger partial charge is 0.353 e. The molecule has 0 aliphatic heterocycles. The molecule has 0 spiro atoms. The van der Waals surface area contributed by atoms with E-state index in [4.69, 9.17) is 9.47 Å². The fraction of sp³-hybridized carbons (Fsp3) is 1.00.